The maximum absolute atomic E-state index is 14.3. The molecule has 2 N–H and O–H groups in total. The Morgan fingerprint density at radius 1 is 1.17 bits per heavy atom. The van der Waals surface area contributed by atoms with E-state index in [4.69, 9.17) is 21.2 Å². The quantitative estimate of drug-likeness (QED) is 0.240. The molecule has 0 radical (unpaired) electrons. The van der Waals surface area contributed by atoms with E-state index in [1.165, 1.54) is 12.1 Å². The second kappa shape index (κ2) is 20.9. The molecule has 1 heterocycles. The summed E-state index contributed by atoms with van der Waals surface area (Å²) in [5.74, 6) is -1.97. The SMILES string of the molecule is C=O.C=O.CC.Cc1cc[c-]c(/C=C(\[C-]=O)C(c2cccc(Cl)c2)C2(O)CCNC(Cc3ccc(F)cc3F)C2)c1.[K+]. The molecule has 3 atom stereocenters. The van der Waals surface area contributed by atoms with Crippen LogP contribution in [0.15, 0.2) is 66.2 Å². The van der Waals surface area contributed by atoms with Gasteiger partial charge in [-0.2, -0.15) is 23.3 Å². The van der Waals surface area contributed by atoms with Crippen LogP contribution in [0.5, 0.6) is 0 Å². The molecule has 0 saturated carbocycles. The first-order valence-corrected chi connectivity index (χ1v) is 13.5. The van der Waals surface area contributed by atoms with Crippen LogP contribution in [-0.2, 0) is 20.8 Å². The van der Waals surface area contributed by atoms with Gasteiger partial charge in [0.2, 0.25) is 0 Å². The monoisotopic (exact) mass is 622 g/mol. The molecule has 3 unspecified atom stereocenters. The van der Waals surface area contributed by atoms with E-state index in [-0.39, 0.29) is 75.8 Å². The Morgan fingerprint density at radius 2 is 1.86 bits per heavy atom. The van der Waals surface area contributed by atoms with Gasteiger partial charge in [-0.3, -0.25) is 0 Å². The number of carbonyl (C=O) groups is 2. The van der Waals surface area contributed by atoms with Crippen LogP contribution in [0.1, 0.15) is 54.9 Å². The van der Waals surface area contributed by atoms with Crippen LogP contribution in [-0.4, -0.2) is 43.2 Å². The second-order valence-corrected chi connectivity index (χ2v) is 9.60. The smallest absolute Gasteiger partial charge is 0.419 e. The van der Waals surface area contributed by atoms with Crippen LogP contribution in [0.2, 0.25) is 5.02 Å². The molecule has 0 aromatic heterocycles. The largest absolute Gasteiger partial charge is 1.00 e. The number of benzene rings is 3. The zero-order chi connectivity index (χ0) is 31.0. The van der Waals surface area contributed by atoms with Crippen molar-refractivity contribution >= 4 is 37.5 Å². The minimum atomic E-state index is -1.33. The van der Waals surface area contributed by atoms with Gasteiger partial charge in [0, 0.05) is 23.0 Å². The summed E-state index contributed by atoms with van der Waals surface area (Å²) >= 11 is 6.28. The first-order chi connectivity index (χ1) is 19.8. The number of carbonyl (C=O) groups excluding carboxylic acids is 3. The van der Waals surface area contributed by atoms with Crippen molar-refractivity contribution in [3.8, 4) is 0 Å². The van der Waals surface area contributed by atoms with Crippen LogP contribution < -0.4 is 56.7 Å². The molecule has 1 aliphatic rings. The van der Waals surface area contributed by atoms with Gasteiger partial charge in [0.1, 0.15) is 25.2 Å². The molecule has 4 rings (SSSR count). The third-order valence-corrected chi connectivity index (χ3v) is 6.75. The van der Waals surface area contributed by atoms with Crippen molar-refractivity contribution in [3.05, 3.63) is 111 Å². The minimum Gasteiger partial charge on any atom is -0.419 e. The topological polar surface area (TPSA) is 83.5 Å². The van der Waals surface area contributed by atoms with Gasteiger partial charge in [-0.05, 0) is 61.4 Å². The summed E-state index contributed by atoms with van der Waals surface area (Å²) in [5.41, 5.74) is 1.73. The predicted octanol–water partition coefficient (Wildman–Crippen LogP) is 3.39. The standard InChI is InChI=1S/C29H26ClF2NO2.C2H6.2CH2O.K/c1-19-4-2-5-20(12-19)13-23(18-34)28(22-6-3-7-24(30)14-22)29(35)10-11-33-26(17-29)15-21-8-9-25(31)16-27(21)32;3*1-2;/h2-4,6-9,12-14,16,26,28,33,35H,10-11,15,17H2,1H3;1-2H3;2*1H2;/q-2;;;;+1/b23-13+;;;;. The number of aliphatic hydroxyl groups is 1. The second-order valence-electron chi connectivity index (χ2n) is 9.16. The van der Waals surface area contributed by atoms with E-state index >= 15 is 0 Å². The summed E-state index contributed by atoms with van der Waals surface area (Å²) < 4.78 is 27.7. The summed E-state index contributed by atoms with van der Waals surface area (Å²) in [7, 11) is 0. The Morgan fingerprint density at radius 3 is 2.45 bits per heavy atom. The Bertz CT molecular complexity index is 1290. The fourth-order valence-electron chi connectivity index (χ4n) is 4.95. The van der Waals surface area contributed by atoms with Crippen molar-refractivity contribution in [1.29, 1.82) is 0 Å². The van der Waals surface area contributed by atoms with Gasteiger partial charge in [-0.25, -0.2) is 14.9 Å². The maximum Gasteiger partial charge on any atom is 1.00 e. The Balaban J connectivity index is 0.00000226. The zero-order valence-corrected chi connectivity index (χ0v) is 28.4. The molecule has 42 heavy (non-hydrogen) atoms. The van der Waals surface area contributed by atoms with Gasteiger partial charge in [0.05, 0.1) is 5.60 Å². The zero-order valence-electron chi connectivity index (χ0n) is 24.6. The van der Waals surface area contributed by atoms with Crippen LogP contribution in [0.4, 0.5) is 8.78 Å². The molecule has 1 fully saturated rings. The minimum absolute atomic E-state index is 0. The number of nitrogens with one attached hydrogen (secondary N) is 1. The van der Waals surface area contributed by atoms with Crippen LogP contribution in [0.3, 0.4) is 0 Å². The van der Waals surface area contributed by atoms with Gasteiger partial charge < -0.3 is 24.8 Å². The number of piperidine rings is 1. The van der Waals surface area contributed by atoms with Gasteiger partial charge >= 0.3 is 51.4 Å². The van der Waals surface area contributed by atoms with Gasteiger partial charge in [-0.1, -0.05) is 50.6 Å². The summed E-state index contributed by atoms with van der Waals surface area (Å²) in [6, 6.07) is 19.0. The third-order valence-electron chi connectivity index (χ3n) is 6.51. The van der Waals surface area contributed by atoms with E-state index in [9.17, 15) is 18.7 Å². The van der Waals surface area contributed by atoms with E-state index < -0.39 is 23.2 Å². The van der Waals surface area contributed by atoms with E-state index in [1.807, 2.05) is 52.5 Å². The molecule has 0 spiro atoms. The van der Waals surface area contributed by atoms with Gasteiger partial charge in [-0.15, -0.1) is 17.7 Å². The first-order valence-electron chi connectivity index (χ1n) is 13.1. The molecule has 0 aliphatic carbocycles. The van der Waals surface area contributed by atoms with Gasteiger partial charge in [0.25, 0.3) is 0 Å². The molecule has 1 saturated heterocycles. The van der Waals surface area contributed by atoms with Crippen molar-refractivity contribution in [1.82, 2.24) is 5.32 Å². The fraction of sp³-hybridized carbons (Fsp3) is 0.303. The van der Waals surface area contributed by atoms with Crippen LogP contribution in [0.25, 0.3) is 6.08 Å². The van der Waals surface area contributed by atoms with Crippen molar-refractivity contribution in [2.75, 3.05) is 6.54 Å². The molecule has 9 heteroatoms. The Labute approximate surface area is 295 Å². The fourth-order valence-corrected chi connectivity index (χ4v) is 5.14. The first kappa shape index (κ1) is 40.1. The summed E-state index contributed by atoms with van der Waals surface area (Å²) in [4.78, 5) is 28.3. The molecule has 5 nitrogen and oxygen atoms in total. The molecule has 0 amide bonds. The third kappa shape index (κ3) is 11.7. The number of rotatable bonds is 7. The molecule has 1 aliphatic heterocycles. The number of aryl methyl sites for hydroxylation is 1. The van der Waals surface area contributed by atoms with Crippen molar-refractivity contribution < 1.29 is 79.7 Å². The van der Waals surface area contributed by atoms with E-state index in [0.717, 1.165) is 11.6 Å². The molecule has 0 bridgehead atoms. The summed E-state index contributed by atoms with van der Waals surface area (Å²) in [5, 5.41) is 15.8. The Hall–Kier alpha value is -1.88. The van der Waals surface area contributed by atoms with Crippen molar-refractivity contribution in [2.24, 2.45) is 0 Å². The van der Waals surface area contributed by atoms with Crippen LogP contribution >= 0.6 is 11.6 Å². The Kier molecular flexibility index (Phi) is 20.0. The number of halogens is 3. The number of hydrogen-bond donors (Lipinski definition) is 2. The van der Waals surface area contributed by atoms with E-state index in [1.54, 1.807) is 30.3 Å². The molecular weight excluding hydrogens is 587 g/mol. The molecule has 3 aromatic carbocycles. The average molecular weight is 623 g/mol. The van der Waals surface area contributed by atoms with E-state index in [2.05, 4.69) is 17.7 Å². The van der Waals surface area contributed by atoms with E-state index in [0.29, 0.717) is 34.7 Å². The van der Waals surface area contributed by atoms with Crippen molar-refractivity contribution in [3.63, 3.8) is 0 Å². The maximum atomic E-state index is 14.3. The summed E-state index contributed by atoms with van der Waals surface area (Å²) in [6.45, 7) is 10.4. The molecular formula is C33H36ClF2KNO4-. The average Bonchev–Trinajstić information content (AvgIpc) is 2.97. The normalized spacial score (nSPS) is 18.3. The molecule has 220 valence electrons. The summed E-state index contributed by atoms with van der Waals surface area (Å²) in [6.07, 6.45) is 4.63. The van der Waals surface area contributed by atoms with Crippen molar-refractivity contribution in [2.45, 2.75) is 57.6 Å². The molecule has 3 aromatic rings. The number of hydrogen-bond acceptors (Lipinski definition) is 5. The predicted molar refractivity (Wildman–Crippen MR) is 160 cm³/mol. The van der Waals surface area contributed by atoms with Crippen LogP contribution in [0, 0.1) is 24.6 Å². The van der Waals surface area contributed by atoms with Gasteiger partial charge in [0.15, 0.2) is 0 Å².